The summed E-state index contributed by atoms with van der Waals surface area (Å²) in [6.07, 6.45) is 3.73. The fraction of sp³-hybridized carbons (Fsp3) is 0.619. The molecule has 0 unspecified atom stereocenters. The van der Waals surface area contributed by atoms with Gasteiger partial charge in [0.15, 0.2) is 0 Å². The number of rotatable bonds is 7. The number of likely N-dealkylation sites (tertiary alicyclic amines) is 1. The summed E-state index contributed by atoms with van der Waals surface area (Å²) < 4.78 is 0. The highest BCUT2D eigenvalue weighted by Gasteiger charge is 2.25. The molecule has 1 aliphatic rings. The predicted octanol–water partition coefficient (Wildman–Crippen LogP) is 3.36. The van der Waals surface area contributed by atoms with E-state index in [0.29, 0.717) is 30.4 Å². The first-order valence-corrected chi connectivity index (χ1v) is 9.49. The Balaban J connectivity index is 1.77. The maximum Gasteiger partial charge on any atom is 0.220 e. The highest BCUT2D eigenvalue weighted by Crippen LogP contribution is 2.21. The molecule has 1 fully saturated rings. The largest absolute Gasteiger partial charge is 0.355 e. The Hall–Kier alpha value is -1.86. The maximum atomic E-state index is 12.2. The lowest BCUT2D eigenvalue weighted by atomic mass is 9.94. The van der Waals surface area contributed by atoms with E-state index in [0.717, 1.165) is 31.1 Å². The van der Waals surface area contributed by atoms with E-state index in [-0.39, 0.29) is 5.91 Å². The molecule has 1 amide bonds. The number of nitrogens with zero attached hydrogens (tertiary/aromatic N) is 2. The van der Waals surface area contributed by atoms with Crippen molar-refractivity contribution in [3.63, 3.8) is 0 Å². The minimum Gasteiger partial charge on any atom is -0.355 e. The summed E-state index contributed by atoms with van der Waals surface area (Å²) in [5.74, 6) is 1.47. The van der Waals surface area contributed by atoms with E-state index >= 15 is 0 Å². The van der Waals surface area contributed by atoms with Crippen LogP contribution in [0.2, 0.25) is 0 Å². The molecular formula is C21H31N3O. The number of carbonyl (C=O) groups is 1. The van der Waals surface area contributed by atoms with E-state index in [2.05, 4.69) is 37.1 Å². The van der Waals surface area contributed by atoms with E-state index in [1.165, 1.54) is 12.8 Å². The summed E-state index contributed by atoms with van der Waals surface area (Å²) in [6.45, 7) is 9.83. The number of hydrogen-bond donors (Lipinski definition) is 1. The van der Waals surface area contributed by atoms with Crippen LogP contribution in [0.5, 0.6) is 0 Å². The van der Waals surface area contributed by atoms with Crippen molar-refractivity contribution >= 4 is 5.91 Å². The normalized spacial score (nSPS) is 17.2. The molecule has 4 heteroatoms. The smallest absolute Gasteiger partial charge is 0.220 e. The van der Waals surface area contributed by atoms with Crippen LogP contribution >= 0.6 is 0 Å². The van der Waals surface area contributed by atoms with Crippen molar-refractivity contribution in [1.29, 1.82) is 5.26 Å². The Morgan fingerprint density at radius 1 is 1.28 bits per heavy atom. The number of aryl methyl sites for hydroxylation is 1. The number of nitrogens with one attached hydrogen (secondary N) is 1. The lowest BCUT2D eigenvalue weighted by Gasteiger charge is -2.38. The second-order valence-electron chi connectivity index (χ2n) is 7.64. The molecule has 0 aliphatic carbocycles. The van der Waals surface area contributed by atoms with Crippen molar-refractivity contribution in [2.24, 2.45) is 11.8 Å². The van der Waals surface area contributed by atoms with Crippen LogP contribution < -0.4 is 5.32 Å². The average molecular weight is 341 g/mol. The second kappa shape index (κ2) is 9.58. The van der Waals surface area contributed by atoms with Crippen LogP contribution in [0.15, 0.2) is 24.3 Å². The van der Waals surface area contributed by atoms with Crippen LogP contribution in [0.3, 0.4) is 0 Å². The highest BCUT2D eigenvalue weighted by molar-refractivity contribution is 5.76. The van der Waals surface area contributed by atoms with Crippen molar-refractivity contribution in [2.75, 3.05) is 19.6 Å². The van der Waals surface area contributed by atoms with Crippen molar-refractivity contribution in [2.45, 2.75) is 52.5 Å². The zero-order chi connectivity index (χ0) is 18.2. The van der Waals surface area contributed by atoms with E-state index in [9.17, 15) is 4.79 Å². The van der Waals surface area contributed by atoms with Crippen LogP contribution in [0.4, 0.5) is 0 Å². The van der Waals surface area contributed by atoms with E-state index < -0.39 is 0 Å². The first-order valence-electron chi connectivity index (χ1n) is 9.49. The van der Waals surface area contributed by atoms with Crippen LogP contribution in [-0.2, 0) is 11.2 Å². The molecule has 0 aromatic heterocycles. The van der Waals surface area contributed by atoms with Gasteiger partial charge in [0, 0.05) is 19.0 Å². The molecule has 0 saturated carbocycles. The molecule has 1 aromatic carbocycles. The molecule has 1 aromatic rings. The second-order valence-corrected chi connectivity index (χ2v) is 7.64. The minimum absolute atomic E-state index is 0.111. The molecule has 1 saturated heterocycles. The van der Waals surface area contributed by atoms with E-state index in [1.54, 1.807) is 12.1 Å². The SMILES string of the molecule is CC1CCN([C@@H](CNC(=O)CCc2ccc(C#N)cc2)C(C)C)CC1. The van der Waals surface area contributed by atoms with Gasteiger partial charge in [-0.05, 0) is 61.9 Å². The van der Waals surface area contributed by atoms with E-state index in [4.69, 9.17) is 5.26 Å². The van der Waals surface area contributed by atoms with Crippen LogP contribution in [-0.4, -0.2) is 36.5 Å². The van der Waals surface area contributed by atoms with E-state index in [1.807, 2.05) is 12.1 Å². The van der Waals surface area contributed by atoms with Gasteiger partial charge in [0.1, 0.15) is 0 Å². The van der Waals surface area contributed by atoms with Gasteiger partial charge in [-0.15, -0.1) is 0 Å². The molecule has 0 bridgehead atoms. The molecular weight excluding hydrogens is 310 g/mol. The standard InChI is InChI=1S/C21H31N3O/c1-16(2)20(24-12-10-17(3)11-13-24)15-23-21(25)9-8-18-4-6-19(14-22)7-5-18/h4-7,16-17,20H,8-13,15H2,1-3H3,(H,23,25)/t20-/m0/s1. The predicted molar refractivity (Wildman–Crippen MR) is 101 cm³/mol. The number of nitriles is 1. The van der Waals surface area contributed by atoms with Gasteiger partial charge in [0.2, 0.25) is 5.91 Å². The number of carbonyl (C=O) groups excluding carboxylic acids is 1. The van der Waals surface area contributed by atoms with Crippen molar-refractivity contribution in [3.05, 3.63) is 35.4 Å². The summed E-state index contributed by atoms with van der Waals surface area (Å²) >= 11 is 0. The first kappa shape index (κ1) is 19.5. The molecule has 1 N–H and O–H groups in total. The first-order chi connectivity index (χ1) is 12.0. The van der Waals surface area contributed by atoms with Crippen LogP contribution in [0.1, 0.15) is 51.2 Å². The van der Waals surface area contributed by atoms with Gasteiger partial charge in [-0.1, -0.05) is 32.9 Å². The summed E-state index contributed by atoms with van der Waals surface area (Å²) in [4.78, 5) is 14.8. The lowest BCUT2D eigenvalue weighted by Crippen LogP contribution is -2.49. The van der Waals surface area contributed by atoms with Crippen molar-refractivity contribution in [3.8, 4) is 6.07 Å². The molecule has 1 atom stereocenters. The summed E-state index contributed by atoms with van der Waals surface area (Å²) in [5.41, 5.74) is 1.75. The molecule has 0 spiro atoms. The van der Waals surface area contributed by atoms with Gasteiger partial charge >= 0.3 is 0 Å². The molecule has 136 valence electrons. The lowest BCUT2D eigenvalue weighted by molar-refractivity contribution is -0.121. The molecule has 1 aliphatic heterocycles. The highest BCUT2D eigenvalue weighted by atomic mass is 16.1. The Kier molecular flexibility index (Phi) is 7.46. The quantitative estimate of drug-likeness (QED) is 0.827. The zero-order valence-corrected chi connectivity index (χ0v) is 15.8. The summed E-state index contributed by atoms with van der Waals surface area (Å²) in [6, 6.07) is 10.0. The van der Waals surface area contributed by atoms with Gasteiger partial charge < -0.3 is 5.32 Å². The minimum atomic E-state index is 0.111. The monoisotopic (exact) mass is 341 g/mol. The third-order valence-electron chi connectivity index (χ3n) is 5.29. The van der Waals surface area contributed by atoms with Gasteiger partial charge in [0.05, 0.1) is 11.6 Å². The fourth-order valence-corrected chi connectivity index (χ4v) is 3.46. The Morgan fingerprint density at radius 3 is 2.48 bits per heavy atom. The van der Waals surface area contributed by atoms with Crippen molar-refractivity contribution in [1.82, 2.24) is 10.2 Å². The summed E-state index contributed by atoms with van der Waals surface area (Å²) in [7, 11) is 0. The molecule has 1 heterocycles. The van der Waals surface area contributed by atoms with Gasteiger partial charge in [-0.25, -0.2) is 0 Å². The van der Waals surface area contributed by atoms with Gasteiger partial charge in [0.25, 0.3) is 0 Å². The topological polar surface area (TPSA) is 56.1 Å². The third-order valence-corrected chi connectivity index (χ3v) is 5.29. The summed E-state index contributed by atoms with van der Waals surface area (Å²) in [5, 5.41) is 11.9. The number of benzene rings is 1. The van der Waals surface area contributed by atoms with Crippen molar-refractivity contribution < 1.29 is 4.79 Å². The van der Waals surface area contributed by atoms with Gasteiger partial charge in [-0.3, -0.25) is 9.69 Å². The number of piperidine rings is 1. The maximum absolute atomic E-state index is 12.2. The number of hydrogen-bond acceptors (Lipinski definition) is 3. The number of amides is 1. The Morgan fingerprint density at radius 2 is 1.92 bits per heavy atom. The Labute approximate surface area is 152 Å². The fourth-order valence-electron chi connectivity index (χ4n) is 3.46. The molecule has 4 nitrogen and oxygen atoms in total. The van der Waals surface area contributed by atoms with Crippen LogP contribution in [0, 0.1) is 23.2 Å². The Bertz CT molecular complexity index is 580. The van der Waals surface area contributed by atoms with Crippen LogP contribution in [0.25, 0.3) is 0 Å². The van der Waals surface area contributed by atoms with Gasteiger partial charge in [-0.2, -0.15) is 5.26 Å². The molecule has 25 heavy (non-hydrogen) atoms. The third kappa shape index (κ3) is 6.17. The molecule has 0 radical (unpaired) electrons. The molecule has 2 rings (SSSR count). The average Bonchev–Trinajstić information content (AvgIpc) is 2.61. The zero-order valence-electron chi connectivity index (χ0n) is 15.8.